The van der Waals surface area contributed by atoms with Crippen LogP contribution in [0.5, 0.6) is 0 Å². The molecule has 1 aromatic heterocycles. The van der Waals surface area contributed by atoms with Crippen molar-refractivity contribution in [1.82, 2.24) is 4.90 Å². The van der Waals surface area contributed by atoms with Gasteiger partial charge < -0.3 is 19.3 Å². The minimum Gasteiger partial charge on any atom is -0.458 e. The Morgan fingerprint density at radius 1 is 1.19 bits per heavy atom. The third kappa shape index (κ3) is 4.63. The summed E-state index contributed by atoms with van der Waals surface area (Å²) < 4.78 is 11.0. The van der Waals surface area contributed by atoms with E-state index in [1.54, 1.807) is 9.80 Å². The summed E-state index contributed by atoms with van der Waals surface area (Å²) in [7, 11) is 0. The van der Waals surface area contributed by atoms with Crippen molar-refractivity contribution in [1.29, 1.82) is 5.41 Å². The highest BCUT2D eigenvalue weighted by Crippen LogP contribution is 2.27. The van der Waals surface area contributed by atoms with E-state index in [0.29, 0.717) is 31.1 Å². The zero-order chi connectivity index (χ0) is 22.9. The molecule has 0 aliphatic carbocycles. The molecule has 2 fully saturated rings. The Hall–Kier alpha value is -2.91. The van der Waals surface area contributed by atoms with Crippen molar-refractivity contribution < 1.29 is 19.1 Å². The number of hydrogen-bond acceptors (Lipinski definition) is 6. The Kier molecular flexibility index (Phi) is 6.21. The minimum absolute atomic E-state index is 0.0272. The van der Waals surface area contributed by atoms with Gasteiger partial charge in [0.2, 0.25) is 0 Å². The highest BCUT2D eigenvalue weighted by molar-refractivity contribution is 7.12. The van der Waals surface area contributed by atoms with Gasteiger partial charge in [-0.2, -0.15) is 0 Å². The third-order valence-electron chi connectivity index (χ3n) is 5.54. The molecule has 2 aromatic rings. The molecule has 1 atom stereocenters. The first kappa shape index (κ1) is 22.3. The fraction of sp³-hybridized carbons (Fsp3) is 0.435. The van der Waals surface area contributed by atoms with Crippen LogP contribution in [0, 0.1) is 5.41 Å². The predicted octanol–water partition coefficient (Wildman–Crippen LogP) is 3.19. The summed E-state index contributed by atoms with van der Waals surface area (Å²) in [5, 5.41) is 10.2. The number of hydrogen-bond donors (Lipinski definition) is 1. The van der Waals surface area contributed by atoms with E-state index in [1.807, 2.05) is 67.4 Å². The van der Waals surface area contributed by atoms with Crippen LogP contribution in [0.15, 0.2) is 41.8 Å². The summed E-state index contributed by atoms with van der Waals surface area (Å²) in [6.45, 7) is 8.02. The van der Waals surface area contributed by atoms with E-state index in [2.05, 4.69) is 0 Å². The summed E-state index contributed by atoms with van der Waals surface area (Å²) in [6, 6.07) is 11.3. The molecule has 2 amide bonds. The van der Waals surface area contributed by atoms with Crippen molar-refractivity contribution in [2.75, 3.05) is 42.6 Å². The Balaban J connectivity index is 1.45. The van der Waals surface area contributed by atoms with Crippen LogP contribution < -0.4 is 9.80 Å². The van der Waals surface area contributed by atoms with Crippen molar-refractivity contribution in [3.8, 4) is 0 Å². The number of thiophene rings is 1. The van der Waals surface area contributed by atoms with Crippen LogP contribution in [0.1, 0.15) is 30.4 Å². The Labute approximate surface area is 191 Å². The van der Waals surface area contributed by atoms with Crippen LogP contribution in [-0.4, -0.2) is 67.2 Å². The minimum atomic E-state index is -0.383. The molecule has 1 aromatic carbocycles. The highest BCUT2D eigenvalue weighted by Gasteiger charge is 2.36. The van der Waals surface area contributed by atoms with Gasteiger partial charge in [0, 0.05) is 23.5 Å². The lowest BCUT2D eigenvalue weighted by Crippen LogP contribution is -2.49. The number of ether oxygens (including phenoxy) is 2. The number of morpholine rings is 1. The number of anilines is 2. The smallest absolute Gasteiger partial charge is 0.289 e. The van der Waals surface area contributed by atoms with Crippen molar-refractivity contribution in [3.05, 3.63) is 46.7 Å². The quantitative estimate of drug-likeness (QED) is 0.747. The monoisotopic (exact) mass is 456 g/mol. The van der Waals surface area contributed by atoms with E-state index >= 15 is 0 Å². The molecule has 2 aliphatic rings. The molecule has 0 spiro atoms. The van der Waals surface area contributed by atoms with E-state index in [4.69, 9.17) is 14.9 Å². The van der Waals surface area contributed by atoms with Crippen molar-refractivity contribution in [2.45, 2.75) is 32.4 Å². The highest BCUT2D eigenvalue weighted by atomic mass is 32.1. The Morgan fingerprint density at radius 3 is 2.47 bits per heavy atom. The van der Waals surface area contributed by atoms with E-state index in [0.717, 1.165) is 11.4 Å². The van der Waals surface area contributed by atoms with Gasteiger partial charge in [-0.1, -0.05) is 6.07 Å². The summed E-state index contributed by atoms with van der Waals surface area (Å²) >= 11 is 1.42. The number of amides is 2. The molecule has 2 aliphatic heterocycles. The first-order chi connectivity index (χ1) is 15.2. The third-order valence-corrected chi connectivity index (χ3v) is 6.40. The molecule has 1 N–H and O–H groups in total. The number of nitrogens with one attached hydrogen (secondary N) is 1. The van der Waals surface area contributed by atoms with Crippen molar-refractivity contribution >= 4 is 40.5 Å². The number of rotatable bonds is 5. The van der Waals surface area contributed by atoms with Gasteiger partial charge in [-0.05, 0) is 56.5 Å². The summed E-state index contributed by atoms with van der Waals surface area (Å²) in [5.41, 5.74) is 1.24. The Bertz CT molecular complexity index is 984. The van der Waals surface area contributed by atoms with Gasteiger partial charge in [0.05, 0.1) is 24.6 Å². The maximum Gasteiger partial charge on any atom is 0.289 e. The zero-order valence-corrected chi connectivity index (χ0v) is 19.4. The van der Waals surface area contributed by atoms with Gasteiger partial charge in [0.1, 0.15) is 12.7 Å². The first-order valence-corrected chi connectivity index (χ1v) is 11.5. The Morgan fingerprint density at radius 2 is 1.88 bits per heavy atom. The molecule has 0 saturated carbocycles. The molecule has 4 rings (SSSR count). The summed E-state index contributed by atoms with van der Waals surface area (Å²) in [6.07, 6.45) is -0.314. The van der Waals surface area contributed by atoms with Gasteiger partial charge in [0.25, 0.3) is 17.8 Å². The van der Waals surface area contributed by atoms with Crippen molar-refractivity contribution in [3.63, 3.8) is 0 Å². The fourth-order valence-electron chi connectivity index (χ4n) is 3.86. The predicted molar refractivity (Wildman–Crippen MR) is 125 cm³/mol. The van der Waals surface area contributed by atoms with E-state index in [-0.39, 0.29) is 36.1 Å². The van der Waals surface area contributed by atoms with Crippen molar-refractivity contribution in [2.24, 2.45) is 0 Å². The number of nitrogens with zero attached hydrogens (tertiary/aromatic N) is 3. The largest absolute Gasteiger partial charge is 0.458 e. The van der Waals surface area contributed by atoms with Gasteiger partial charge >= 0.3 is 0 Å². The normalized spacial score (nSPS) is 19.3. The molecule has 0 bridgehead atoms. The molecule has 9 heteroatoms. The lowest BCUT2D eigenvalue weighted by molar-refractivity contribution is -0.125. The summed E-state index contributed by atoms with van der Waals surface area (Å²) in [4.78, 5) is 31.1. The van der Waals surface area contributed by atoms with E-state index in [9.17, 15) is 9.59 Å². The zero-order valence-electron chi connectivity index (χ0n) is 18.5. The number of benzene rings is 1. The topological polar surface area (TPSA) is 86.2 Å². The second kappa shape index (κ2) is 8.91. The molecule has 0 radical (unpaired) electrons. The second-order valence-corrected chi connectivity index (χ2v) is 9.78. The van der Waals surface area contributed by atoms with E-state index in [1.165, 1.54) is 11.3 Å². The molecular formula is C23H28N4O4S. The SMILES string of the molecule is CC(C)(C)N(CC1CN(c2ccc(N3CCOCC3=O)cc2)C(=N)O1)C(=O)c1cccs1. The molecule has 3 heterocycles. The number of carbonyl (C=O) groups is 2. The van der Waals surface area contributed by atoms with Crippen LogP contribution in [-0.2, 0) is 14.3 Å². The lowest BCUT2D eigenvalue weighted by atomic mass is 10.0. The summed E-state index contributed by atoms with van der Waals surface area (Å²) in [5.74, 6) is -0.0837. The number of carbonyl (C=O) groups excluding carboxylic acids is 2. The maximum absolute atomic E-state index is 13.1. The van der Waals surface area contributed by atoms with Crippen LogP contribution in [0.2, 0.25) is 0 Å². The molecular weight excluding hydrogens is 428 g/mol. The molecule has 8 nitrogen and oxygen atoms in total. The molecule has 1 unspecified atom stereocenters. The van der Waals surface area contributed by atoms with Gasteiger partial charge in [-0.15, -0.1) is 11.3 Å². The number of amidine groups is 1. The van der Waals surface area contributed by atoms with Crippen LogP contribution in [0.4, 0.5) is 11.4 Å². The average molecular weight is 457 g/mol. The average Bonchev–Trinajstić information content (AvgIpc) is 3.41. The van der Waals surface area contributed by atoms with E-state index < -0.39 is 0 Å². The van der Waals surface area contributed by atoms with Crippen LogP contribution in [0.25, 0.3) is 0 Å². The fourth-order valence-corrected chi connectivity index (χ4v) is 4.54. The van der Waals surface area contributed by atoms with Gasteiger partial charge in [-0.25, -0.2) is 0 Å². The van der Waals surface area contributed by atoms with Crippen LogP contribution in [0.3, 0.4) is 0 Å². The maximum atomic E-state index is 13.1. The molecule has 170 valence electrons. The van der Waals surface area contributed by atoms with Gasteiger partial charge in [-0.3, -0.25) is 19.9 Å². The van der Waals surface area contributed by atoms with Gasteiger partial charge in [0.15, 0.2) is 0 Å². The first-order valence-electron chi connectivity index (χ1n) is 10.6. The second-order valence-electron chi connectivity index (χ2n) is 8.83. The molecule has 2 saturated heterocycles. The standard InChI is InChI=1S/C23H28N4O4S/c1-23(2,3)27(21(29)19-5-4-12-32-19)14-18-13-26(22(24)31-18)17-8-6-16(7-9-17)25-10-11-30-15-20(25)28/h4-9,12,18,24H,10-11,13-15H2,1-3H3. The lowest BCUT2D eigenvalue weighted by Gasteiger charge is -2.36. The van der Waals surface area contributed by atoms with Crippen LogP contribution >= 0.6 is 11.3 Å². The molecule has 32 heavy (non-hydrogen) atoms.